The fraction of sp³-hybridized carbons (Fsp3) is 0.231. The zero-order chi connectivity index (χ0) is 14.3. The standard InChI is InChI=1S/C13H11F2N3S2/c1-7-6-20-10(16-7)4-5-18-12-9(17-13(18)19)3-2-8(14)11(12)15/h2-3,6H,4-5H2,1H3,(H,17,19). The quantitative estimate of drug-likeness (QED) is 0.742. The number of hydrogen-bond donors (Lipinski definition) is 1. The molecule has 1 N–H and O–H groups in total. The Balaban J connectivity index is 2.00. The SMILES string of the molecule is Cc1csc(CCn2c(=S)[nH]c3ccc(F)c(F)c32)n1. The molecular formula is C13H11F2N3S2. The fourth-order valence-electron chi connectivity index (χ4n) is 2.13. The second-order valence-corrected chi connectivity index (χ2v) is 5.80. The number of aromatic amines is 1. The molecule has 0 radical (unpaired) electrons. The number of H-pyrrole nitrogens is 1. The van der Waals surface area contributed by atoms with Gasteiger partial charge < -0.3 is 9.55 Å². The van der Waals surface area contributed by atoms with Crippen molar-refractivity contribution in [1.82, 2.24) is 14.5 Å². The second kappa shape index (κ2) is 5.06. The molecule has 2 heterocycles. The molecule has 3 nitrogen and oxygen atoms in total. The third kappa shape index (κ3) is 2.27. The molecule has 3 aromatic rings. The second-order valence-electron chi connectivity index (χ2n) is 4.47. The minimum Gasteiger partial charge on any atom is -0.330 e. The van der Waals surface area contributed by atoms with E-state index in [1.807, 2.05) is 12.3 Å². The van der Waals surface area contributed by atoms with Crippen LogP contribution in [0.25, 0.3) is 11.0 Å². The van der Waals surface area contributed by atoms with Crippen LogP contribution in [-0.4, -0.2) is 14.5 Å². The van der Waals surface area contributed by atoms with Crippen molar-refractivity contribution in [3.8, 4) is 0 Å². The van der Waals surface area contributed by atoms with E-state index in [0.717, 1.165) is 16.8 Å². The van der Waals surface area contributed by atoms with Gasteiger partial charge in [-0.15, -0.1) is 11.3 Å². The van der Waals surface area contributed by atoms with Crippen LogP contribution >= 0.6 is 23.6 Å². The highest BCUT2D eigenvalue weighted by molar-refractivity contribution is 7.71. The highest BCUT2D eigenvalue weighted by Gasteiger charge is 2.14. The van der Waals surface area contributed by atoms with Crippen LogP contribution in [0, 0.1) is 23.3 Å². The number of aromatic nitrogens is 3. The van der Waals surface area contributed by atoms with Gasteiger partial charge in [0, 0.05) is 24.0 Å². The maximum Gasteiger partial charge on any atom is 0.184 e. The van der Waals surface area contributed by atoms with E-state index in [2.05, 4.69) is 9.97 Å². The van der Waals surface area contributed by atoms with Gasteiger partial charge >= 0.3 is 0 Å². The Kier molecular flexibility index (Phi) is 3.39. The number of thiazole rings is 1. The summed E-state index contributed by atoms with van der Waals surface area (Å²) in [6.07, 6.45) is 0.635. The molecule has 0 fully saturated rings. The Labute approximate surface area is 122 Å². The molecule has 3 rings (SSSR count). The third-order valence-electron chi connectivity index (χ3n) is 3.04. The van der Waals surface area contributed by atoms with E-state index in [9.17, 15) is 8.78 Å². The van der Waals surface area contributed by atoms with Crippen molar-refractivity contribution in [3.63, 3.8) is 0 Å². The highest BCUT2D eigenvalue weighted by atomic mass is 32.1. The smallest absolute Gasteiger partial charge is 0.184 e. The molecule has 0 spiro atoms. The van der Waals surface area contributed by atoms with Gasteiger partial charge in [-0.2, -0.15) is 0 Å². The minimum atomic E-state index is -0.870. The molecule has 0 aliphatic rings. The van der Waals surface area contributed by atoms with Crippen LogP contribution in [0.3, 0.4) is 0 Å². The van der Waals surface area contributed by atoms with Gasteiger partial charge in [0.1, 0.15) is 5.52 Å². The first-order chi connectivity index (χ1) is 9.56. The Morgan fingerprint density at radius 1 is 1.40 bits per heavy atom. The summed E-state index contributed by atoms with van der Waals surface area (Å²) in [5.41, 5.74) is 1.65. The lowest BCUT2D eigenvalue weighted by atomic mass is 10.3. The molecule has 1 aromatic carbocycles. The number of aryl methyl sites for hydroxylation is 3. The van der Waals surface area contributed by atoms with E-state index in [1.54, 1.807) is 15.9 Å². The summed E-state index contributed by atoms with van der Waals surface area (Å²) in [6, 6.07) is 2.59. The van der Waals surface area contributed by atoms with Crippen LogP contribution in [0.15, 0.2) is 17.5 Å². The van der Waals surface area contributed by atoms with E-state index in [-0.39, 0.29) is 5.52 Å². The first-order valence-corrected chi connectivity index (χ1v) is 7.32. The zero-order valence-electron chi connectivity index (χ0n) is 10.6. The van der Waals surface area contributed by atoms with E-state index in [4.69, 9.17) is 12.2 Å². The molecule has 104 valence electrons. The maximum atomic E-state index is 13.9. The monoisotopic (exact) mass is 311 g/mol. The van der Waals surface area contributed by atoms with E-state index in [1.165, 1.54) is 6.07 Å². The van der Waals surface area contributed by atoms with Crippen LogP contribution in [0.4, 0.5) is 8.78 Å². The van der Waals surface area contributed by atoms with Gasteiger partial charge in [0.25, 0.3) is 0 Å². The molecule has 0 bridgehead atoms. The summed E-state index contributed by atoms with van der Waals surface area (Å²) >= 11 is 6.73. The van der Waals surface area contributed by atoms with Crippen molar-refractivity contribution in [1.29, 1.82) is 0 Å². The molecule has 0 aliphatic heterocycles. The molecule has 20 heavy (non-hydrogen) atoms. The molecule has 2 aromatic heterocycles. The lowest BCUT2D eigenvalue weighted by Gasteiger charge is -2.04. The number of benzene rings is 1. The van der Waals surface area contributed by atoms with Gasteiger partial charge in [-0.3, -0.25) is 0 Å². The maximum absolute atomic E-state index is 13.9. The number of fused-ring (bicyclic) bond motifs is 1. The third-order valence-corrected chi connectivity index (χ3v) is 4.39. The van der Waals surface area contributed by atoms with Gasteiger partial charge in [-0.05, 0) is 31.3 Å². The van der Waals surface area contributed by atoms with Crippen molar-refractivity contribution < 1.29 is 8.78 Å². The summed E-state index contributed by atoms with van der Waals surface area (Å²) in [4.78, 5) is 7.24. The fourth-order valence-corrected chi connectivity index (χ4v) is 3.18. The number of hydrogen-bond acceptors (Lipinski definition) is 3. The Hall–Kier alpha value is -1.60. The first kappa shape index (κ1) is 13.4. The molecule has 0 unspecified atom stereocenters. The number of nitrogens with zero attached hydrogens (tertiary/aromatic N) is 2. The number of halogens is 2. The van der Waals surface area contributed by atoms with E-state index in [0.29, 0.717) is 23.3 Å². The molecule has 0 saturated heterocycles. The average Bonchev–Trinajstić information content (AvgIpc) is 2.95. The summed E-state index contributed by atoms with van der Waals surface area (Å²) in [7, 11) is 0. The Bertz CT molecular complexity index is 832. The predicted molar refractivity (Wildman–Crippen MR) is 77.6 cm³/mol. The molecule has 7 heteroatoms. The summed E-state index contributed by atoms with van der Waals surface area (Å²) in [6.45, 7) is 2.39. The molecule has 0 saturated carbocycles. The lowest BCUT2D eigenvalue weighted by molar-refractivity contribution is 0.510. The predicted octanol–water partition coefficient (Wildman–Crippen LogP) is 3.98. The largest absolute Gasteiger partial charge is 0.330 e. The van der Waals surface area contributed by atoms with Gasteiger partial charge in [0.2, 0.25) is 0 Å². The normalized spacial score (nSPS) is 11.3. The van der Waals surface area contributed by atoms with Gasteiger partial charge in [0.05, 0.1) is 10.5 Å². The van der Waals surface area contributed by atoms with E-state index >= 15 is 0 Å². The molecule has 0 atom stereocenters. The molecule has 0 amide bonds. The van der Waals surface area contributed by atoms with Crippen molar-refractivity contribution in [2.75, 3.05) is 0 Å². The zero-order valence-corrected chi connectivity index (χ0v) is 12.2. The number of rotatable bonds is 3. The van der Waals surface area contributed by atoms with Crippen LogP contribution in [0.5, 0.6) is 0 Å². The van der Waals surface area contributed by atoms with Crippen LogP contribution in [0.1, 0.15) is 10.7 Å². The Morgan fingerprint density at radius 3 is 2.90 bits per heavy atom. The summed E-state index contributed by atoms with van der Waals surface area (Å²) < 4.78 is 29.3. The topological polar surface area (TPSA) is 33.6 Å². The summed E-state index contributed by atoms with van der Waals surface area (Å²) in [5, 5.41) is 2.92. The van der Waals surface area contributed by atoms with E-state index < -0.39 is 11.6 Å². The Morgan fingerprint density at radius 2 is 2.20 bits per heavy atom. The minimum absolute atomic E-state index is 0.184. The number of nitrogens with one attached hydrogen (secondary N) is 1. The highest BCUT2D eigenvalue weighted by Crippen LogP contribution is 2.21. The molecular weight excluding hydrogens is 300 g/mol. The van der Waals surface area contributed by atoms with Crippen LogP contribution < -0.4 is 0 Å². The molecule has 0 aliphatic carbocycles. The first-order valence-electron chi connectivity index (χ1n) is 6.04. The lowest BCUT2D eigenvalue weighted by Crippen LogP contribution is -2.03. The van der Waals surface area contributed by atoms with Crippen LogP contribution in [-0.2, 0) is 13.0 Å². The van der Waals surface area contributed by atoms with Crippen molar-refractivity contribution in [2.45, 2.75) is 19.9 Å². The average molecular weight is 311 g/mol. The van der Waals surface area contributed by atoms with Crippen molar-refractivity contribution >= 4 is 34.6 Å². The van der Waals surface area contributed by atoms with Crippen molar-refractivity contribution in [3.05, 3.63) is 44.6 Å². The summed E-state index contributed by atoms with van der Waals surface area (Å²) in [5.74, 6) is -1.74. The van der Waals surface area contributed by atoms with Gasteiger partial charge in [0.15, 0.2) is 16.4 Å². The number of imidazole rings is 1. The van der Waals surface area contributed by atoms with Gasteiger partial charge in [-0.25, -0.2) is 13.8 Å². The van der Waals surface area contributed by atoms with Crippen molar-refractivity contribution in [2.24, 2.45) is 0 Å². The van der Waals surface area contributed by atoms with Gasteiger partial charge in [-0.1, -0.05) is 0 Å². The van der Waals surface area contributed by atoms with Crippen LogP contribution in [0.2, 0.25) is 0 Å².